The van der Waals surface area contributed by atoms with E-state index in [1.165, 1.54) is 6.07 Å². The average Bonchev–Trinajstić information content (AvgIpc) is 3.27. The van der Waals surface area contributed by atoms with Gasteiger partial charge in [0.2, 0.25) is 0 Å². The van der Waals surface area contributed by atoms with Crippen molar-refractivity contribution < 1.29 is 19.0 Å². The third-order valence-corrected chi connectivity index (χ3v) is 8.20. The highest BCUT2D eigenvalue weighted by molar-refractivity contribution is 6.30. The zero-order valence-corrected chi connectivity index (χ0v) is 23.3. The van der Waals surface area contributed by atoms with E-state index in [9.17, 15) is 19.1 Å². The molecule has 4 heterocycles. The number of hydrogen-bond donors (Lipinski definition) is 1. The van der Waals surface area contributed by atoms with E-state index in [4.69, 9.17) is 21.3 Å². The van der Waals surface area contributed by atoms with Crippen LogP contribution in [0.5, 0.6) is 0 Å². The molecule has 0 radical (unpaired) electrons. The first-order chi connectivity index (χ1) is 19.9. The minimum absolute atomic E-state index is 0.0909. The van der Waals surface area contributed by atoms with E-state index in [-0.39, 0.29) is 23.0 Å². The minimum atomic E-state index is -0.964. The quantitative estimate of drug-likeness (QED) is 0.320. The highest BCUT2D eigenvalue weighted by Crippen LogP contribution is 2.24. The number of pyridine rings is 1. The largest absolute Gasteiger partial charge is 0.478 e. The number of ether oxygens (including phenoxy) is 1. The Bertz CT molecular complexity index is 1640. The van der Waals surface area contributed by atoms with Crippen LogP contribution in [0.2, 0.25) is 5.02 Å². The molecule has 2 aliphatic rings. The van der Waals surface area contributed by atoms with Crippen LogP contribution in [0.25, 0.3) is 11.0 Å². The van der Waals surface area contributed by atoms with Crippen LogP contribution in [0.15, 0.2) is 59.5 Å². The van der Waals surface area contributed by atoms with E-state index in [0.717, 1.165) is 43.0 Å². The first-order valence-electron chi connectivity index (χ1n) is 13.8. The summed E-state index contributed by atoms with van der Waals surface area (Å²) in [6.45, 7) is 5.22. The van der Waals surface area contributed by atoms with Crippen molar-refractivity contribution in [3.8, 4) is 0 Å². The van der Waals surface area contributed by atoms with Gasteiger partial charge in [-0.05, 0) is 60.9 Å². The van der Waals surface area contributed by atoms with Gasteiger partial charge in [0.25, 0.3) is 5.56 Å². The number of benzene rings is 2. The van der Waals surface area contributed by atoms with Crippen LogP contribution in [0.1, 0.15) is 28.2 Å². The summed E-state index contributed by atoms with van der Waals surface area (Å²) in [5, 5.41) is 9.84. The van der Waals surface area contributed by atoms with E-state index in [2.05, 4.69) is 14.4 Å². The molecular formula is C30H31ClFN5O4. The van der Waals surface area contributed by atoms with Crippen molar-refractivity contribution in [2.75, 3.05) is 37.7 Å². The van der Waals surface area contributed by atoms with E-state index in [0.29, 0.717) is 55.4 Å². The smallest absolute Gasteiger partial charge is 0.335 e. The third-order valence-electron chi connectivity index (χ3n) is 7.97. The molecule has 41 heavy (non-hydrogen) atoms. The lowest BCUT2D eigenvalue weighted by molar-refractivity contribution is -0.0592. The molecule has 1 atom stereocenters. The predicted molar refractivity (Wildman–Crippen MR) is 154 cm³/mol. The van der Waals surface area contributed by atoms with E-state index < -0.39 is 5.97 Å². The van der Waals surface area contributed by atoms with Gasteiger partial charge in [-0.15, -0.1) is 0 Å². The average molecular weight is 580 g/mol. The molecule has 0 amide bonds. The number of carboxylic acid groups (broad SMARTS) is 1. The zero-order valence-electron chi connectivity index (χ0n) is 22.5. The van der Waals surface area contributed by atoms with Crippen molar-refractivity contribution in [1.82, 2.24) is 19.0 Å². The van der Waals surface area contributed by atoms with E-state index in [1.54, 1.807) is 41.1 Å². The number of anilines is 1. The van der Waals surface area contributed by atoms with Gasteiger partial charge in [0.05, 0.1) is 35.8 Å². The van der Waals surface area contributed by atoms with Gasteiger partial charge in [-0.2, -0.15) is 0 Å². The summed E-state index contributed by atoms with van der Waals surface area (Å²) in [7, 11) is 0. The Morgan fingerprint density at radius 3 is 2.63 bits per heavy atom. The number of piperazine rings is 1. The van der Waals surface area contributed by atoms with Crippen molar-refractivity contribution in [2.24, 2.45) is 0 Å². The lowest BCUT2D eigenvalue weighted by Gasteiger charge is -2.36. The summed E-state index contributed by atoms with van der Waals surface area (Å²) in [6.07, 6.45) is 3.20. The molecular weight excluding hydrogens is 549 g/mol. The number of aryl methyl sites for hydroxylation is 2. The van der Waals surface area contributed by atoms with Gasteiger partial charge in [0.15, 0.2) is 0 Å². The normalized spacial score (nSPS) is 17.6. The number of imidazole rings is 1. The van der Waals surface area contributed by atoms with Crippen molar-refractivity contribution in [2.45, 2.75) is 38.6 Å². The Morgan fingerprint density at radius 2 is 1.93 bits per heavy atom. The molecule has 2 aromatic carbocycles. The molecule has 9 nitrogen and oxygen atoms in total. The van der Waals surface area contributed by atoms with Crippen molar-refractivity contribution >= 4 is 34.3 Å². The molecule has 0 saturated carbocycles. The molecule has 1 unspecified atom stereocenters. The molecule has 0 spiro atoms. The van der Waals surface area contributed by atoms with Gasteiger partial charge in [-0.25, -0.2) is 14.2 Å². The van der Waals surface area contributed by atoms with E-state index in [1.807, 2.05) is 12.1 Å². The molecule has 2 fully saturated rings. The fraction of sp³-hybridized carbons (Fsp3) is 0.367. The molecule has 6 rings (SSSR count). The second kappa shape index (κ2) is 11.6. The zero-order chi connectivity index (χ0) is 28.5. The SMILES string of the molecule is O=C(O)c1ccc2nc(CN3CCN(c4cccn(CCc5ccc(Cl)cc5F)c4=O)CC3)n(CC3CCO3)c2c1. The van der Waals surface area contributed by atoms with Crippen molar-refractivity contribution in [1.29, 1.82) is 0 Å². The molecule has 2 aromatic heterocycles. The Kier molecular flexibility index (Phi) is 7.79. The number of rotatable bonds is 9. The number of nitrogens with zero attached hydrogens (tertiary/aromatic N) is 5. The molecule has 0 bridgehead atoms. The van der Waals surface area contributed by atoms with Gasteiger partial charge in [0.1, 0.15) is 17.3 Å². The topological polar surface area (TPSA) is 92.8 Å². The molecule has 2 aliphatic heterocycles. The number of aromatic carboxylic acids is 1. The minimum Gasteiger partial charge on any atom is -0.478 e. The van der Waals surface area contributed by atoms with Gasteiger partial charge in [0, 0.05) is 50.6 Å². The number of hydrogen-bond acceptors (Lipinski definition) is 6. The molecule has 4 aromatic rings. The van der Waals surface area contributed by atoms with Crippen LogP contribution in [0.4, 0.5) is 10.1 Å². The van der Waals surface area contributed by atoms with Crippen LogP contribution in [0, 0.1) is 5.82 Å². The van der Waals surface area contributed by atoms with Gasteiger partial charge in [-0.1, -0.05) is 17.7 Å². The maximum atomic E-state index is 14.2. The molecule has 1 N–H and O–H groups in total. The third kappa shape index (κ3) is 5.86. The maximum absolute atomic E-state index is 14.2. The summed E-state index contributed by atoms with van der Waals surface area (Å²) in [4.78, 5) is 34.1. The number of carboxylic acids is 1. The Balaban J connectivity index is 1.13. The Morgan fingerprint density at radius 1 is 1.12 bits per heavy atom. The summed E-state index contributed by atoms with van der Waals surface area (Å²) in [5.41, 5.74) is 2.88. The lowest BCUT2D eigenvalue weighted by atomic mass is 10.1. The van der Waals surface area contributed by atoms with Crippen molar-refractivity contribution in [3.63, 3.8) is 0 Å². The van der Waals surface area contributed by atoms with Crippen molar-refractivity contribution in [3.05, 3.63) is 92.9 Å². The van der Waals surface area contributed by atoms with Crippen LogP contribution >= 0.6 is 11.6 Å². The monoisotopic (exact) mass is 579 g/mol. The van der Waals surface area contributed by atoms with Crippen LogP contribution in [-0.2, 0) is 30.8 Å². The molecule has 11 heteroatoms. The first kappa shape index (κ1) is 27.4. The summed E-state index contributed by atoms with van der Waals surface area (Å²) in [5.74, 6) is -0.453. The van der Waals surface area contributed by atoms with Crippen LogP contribution in [0.3, 0.4) is 0 Å². The Labute approximate surface area is 241 Å². The lowest BCUT2D eigenvalue weighted by Crippen LogP contribution is -2.48. The fourth-order valence-electron chi connectivity index (χ4n) is 5.52. The molecule has 0 aliphatic carbocycles. The standard InChI is InChI=1S/C30H31ClFN5O4/c31-22-5-3-20(24(32)17-22)7-10-36-9-1-2-26(29(36)38)35-13-11-34(12-14-35)19-28-33-25-6-4-21(30(39)40)16-27(25)37(28)18-23-8-15-41-23/h1-6,9,16-17,23H,7-8,10-15,18-19H2,(H,39,40). The highest BCUT2D eigenvalue weighted by Gasteiger charge is 2.25. The summed E-state index contributed by atoms with van der Waals surface area (Å²) < 4.78 is 23.6. The first-order valence-corrected chi connectivity index (χ1v) is 14.2. The second-order valence-electron chi connectivity index (χ2n) is 10.6. The van der Waals surface area contributed by atoms with Gasteiger partial charge in [-0.3, -0.25) is 9.69 Å². The predicted octanol–water partition coefficient (Wildman–Crippen LogP) is 4.04. The number of carbonyl (C=O) groups is 1. The number of aromatic nitrogens is 3. The Hall–Kier alpha value is -3.73. The van der Waals surface area contributed by atoms with Gasteiger partial charge >= 0.3 is 5.97 Å². The van der Waals surface area contributed by atoms with Crippen LogP contribution in [-0.4, -0.2) is 69.0 Å². The number of halogens is 2. The highest BCUT2D eigenvalue weighted by atomic mass is 35.5. The van der Waals surface area contributed by atoms with Gasteiger partial charge < -0.3 is 23.9 Å². The maximum Gasteiger partial charge on any atom is 0.335 e. The number of fused-ring (bicyclic) bond motifs is 1. The van der Waals surface area contributed by atoms with E-state index >= 15 is 0 Å². The second-order valence-corrected chi connectivity index (χ2v) is 11.0. The van der Waals surface area contributed by atoms with Crippen LogP contribution < -0.4 is 10.5 Å². The fourth-order valence-corrected chi connectivity index (χ4v) is 5.67. The molecule has 214 valence electrons. The molecule has 2 saturated heterocycles. The summed E-state index contributed by atoms with van der Waals surface area (Å²) >= 11 is 5.86. The summed E-state index contributed by atoms with van der Waals surface area (Å²) in [6, 6.07) is 13.3.